The zero-order valence-corrected chi connectivity index (χ0v) is 11.3. The van der Waals surface area contributed by atoms with Gasteiger partial charge >= 0.3 is 0 Å². The van der Waals surface area contributed by atoms with E-state index in [1.165, 1.54) is 0 Å². The van der Waals surface area contributed by atoms with Crippen molar-refractivity contribution in [3.63, 3.8) is 0 Å². The van der Waals surface area contributed by atoms with Crippen molar-refractivity contribution >= 4 is 16.9 Å². The first-order valence-corrected chi connectivity index (χ1v) is 6.82. The van der Waals surface area contributed by atoms with Gasteiger partial charge in [0.1, 0.15) is 23.7 Å². The summed E-state index contributed by atoms with van der Waals surface area (Å²) in [5.41, 5.74) is -0.504. The molecule has 0 aliphatic carbocycles. The molecule has 0 amide bonds. The quantitative estimate of drug-likeness (QED) is 0.777. The van der Waals surface area contributed by atoms with Crippen molar-refractivity contribution in [1.29, 1.82) is 0 Å². The second-order valence-electron chi connectivity index (χ2n) is 4.59. The third-order valence-electron chi connectivity index (χ3n) is 3.01. The fourth-order valence-electron chi connectivity index (χ4n) is 1.90. The molecule has 1 saturated heterocycles. The van der Waals surface area contributed by atoms with Crippen LogP contribution in [0.25, 0.3) is 0 Å². The number of aliphatic hydroxyl groups excluding tert-OH is 1. The number of alkyl halides is 3. The Labute approximate surface area is 117 Å². The second-order valence-corrected chi connectivity index (χ2v) is 5.68. The van der Waals surface area contributed by atoms with Crippen molar-refractivity contribution in [3.05, 3.63) is 11.9 Å². The van der Waals surface area contributed by atoms with E-state index in [-0.39, 0.29) is 11.7 Å². The summed E-state index contributed by atoms with van der Waals surface area (Å²) in [6.45, 7) is 1.71. The average Bonchev–Trinajstić information content (AvgIpc) is 2.83. The Bertz CT molecular complexity index is 421. The van der Waals surface area contributed by atoms with Crippen molar-refractivity contribution < 1.29 is 27.4 Å². The Morgan fingerprint density at radius 2 is 2.30 bits per heavy atom. The lowest BCUT2D eigenvalue weighted by molar-refractivity contribution is -0.178. The van der Waals surface area contributed by atoms with Gasteiger partial charge in [0.2, 0.25) is 0 Å². The fraction of sp³-hybridized carbons (Fsp3) is 0.727. The summed E-state index contributed by atoms with van der Waals surface area (Å²) in [4.78, 5) is 3.96. The summed E-state index contributed by atoms with van der Waals surface area (Å²) in [6, 6.07) is -1.04. The van der Waals surface area contributed by atoms with Crippen LogP contribution < -0.4 is 5.32 Å². The van der Waals surface area contributed by atoms with Crippen LogP contribution in [-0.4, -0.2) is 53.1 Å². The Morgan fingerprint density at radius 1 is 1.60 bits per heavy atom. The van der Waals surface area contributed by atoms with Crippen LogP contribution in [0, 0.1) is 0 Å². The molecule has 0 aromatic carbocycles. The molecule has 2 rings (SSSR count). The number of amidine groups is 1. The number of halogens is 4. The highest BCUT2D eigenvalue weighted by atomic mass is 32.2. The standard InChI is InChI=1S/C11H14F4N2O2S/c1-4(2-12)3-16-11-17-6-5(13)7(18)8(9(14)15)19-10(6)20-11/h2,5-10,18H,3H2,1H3,(H,16,17)/b4-2+/t5-,6+,7-,8-,10+/m0/s1. The molecule has 0 spiro atoms. The molecule has 0 aromatic rings. The van der Waals surface area contributed by atoms with Crippen molar-refractivity contribution in [2.24, 2.45) is 4.99 Å². The largest absolute Gasteiger partial charge is 0.387 e. The summed E-state index contributed by atoms with van der Waals surface area (Å²) >= 11 is 0.957. The van der Waals surface area contributed by atoms with Gasteiger partial charge < -0.3 is 15.2 Å². The van der Waals surface area contributed by atoms with Gasteiger partial charge in [-0.25, -0.2) is 17.6 Å². The minimum Gasteiger partial charge on any atom is -0.387 e. The molecule has 114 valence electrons. The second kappa shape index (κ2) is 6.31. The van der Waals surface area contributed by atoms with Crippen LogP contribution in [0.15, 0.2) is 16.9 Å². The minimum atomic E-state index is -2.97. The van der Waals surface area contributed by atoms with Crippen molar-refractivity contribution in [1.82, 2.24) is 5.32 Å². The SMILES string of the molecule is C/C(=C\F)CNC1=N[C@@H]2[C@H](F)[C@H](O)[C@@H](C(F)F)O[C@@H]2S1. The number of thioether (sulfide) groups is 1. The highest BCUT2D eigenvalue weighted by molar-refractivity contribution is 8.14. The molecule has 2 aliphatic heterocycles. The van der Waals surface area contributed by atoms with Crippen LogP contribution in [-0.2, 0) is 4.74 Å². The van der Waals surface area contributed by atoms with Crippen molar-refractivity contribution in [2.45, 2.75) is 43.2 Å². The van der Waals surface area contributed by atoms with Crippen LogP contribution in [0.4, 0.5) is 17.6 Å². The molecule has 0 saturated carbocycles. The molecule has 0 bridgehead atoms. The predicted octanol–water partition coefficient (Wildman–Crippen LogP) is 1.61. The Morgan fingerprint density at radius 3 is 2.90 bits per heavy atom. The number of aliphatic hydroxyl groups is 1. The lowest BCUT2D eigenvalue weighted by atomic mass is 10.00. The zero-order chi connectivity index (χ0) is 14.9. The Hall–Kier alpha value is -0.800. The molecule has 2 N–H and O–H groups in total. The van der Waals surface area contributed by atoms with E-state index in [0.29, 0.717) is 11.9 Å². The highest BCUT2D eigenvalue weighted by Crippen LogP contribution is 2.38. The molecule has 4 nitrogen and oxygen atoms in total. The molecule has 0 radical (unpaired) electrons. The molecule has 0 aromatic heterocycles. The number of aliphatic imine (C=N–C) groups is 1. The third-order valence-corrected chi connectivity index (χ3v) is 4.10. The summed E-state index contributed by atoms with van der Waals surface area (Å²) in [7, 11) is 0. The Kier molecular flexibility index (Phi) is 4.92. The van der Waals surface area contributed by atoms with E-state index in [4.69, 9.17) is 4.74 Å². The molecule has 2 aliphatic rings. The lowest BCUT2D eigenvalue weighted by Gasteiger charge is -2.36. The van der Waals surface area contributed by atoms with Crippen LogP contribution in [0.5, 0.6) is 0 Å². The van der Waals surface area contributed by atoms with E-state index >= 15 is 0 Å². The summed E-state index contributed by atoms with van der Waals surface area (Å²) in [5.74, 6) is 0. The van der Waals surface area contributed by atoms with Gasteiger partial charge in [0, 0.05) is 6.54 Å². The molecule has 9 heteroatoms. The van der Waals surface area contributed by atoms with Crippen molar-refractivity contribution in [3.8, 4) is 0 Å². The predicted molar refractivity (Wildman–Crippen MR) is 67.2 cm³/mol. The van der Waals surface area contributed by atoms with Crippen LogP contribution in [0.1, 0.15) is 6.92 Å². The minimum absolute atomic E-state index is 0.166. The van der Waals surface area contributed by atoms with Gasteiger partial charge in [0.05, 0.1) is 6.33 Å². The highest BCUT2D eigenvalue weighted by Gasteiger charge is 2.51. The first-order chi connectivity index (χ1) is 9.43. The van der Waals surface area contributed by atoms with Gasteiger partial charge in [-0.3, -0.25) is 4.99 Å². The third kappa shape index (κ3) is 3.09. The van der Waals surface area contributed by atoms with Gasteiger partial charge in [-0.1, -0.05) is 11.8 Å². The number of nitrogens with one attached hydrogen (secondary N) is 1. The summed E-state index contributed by atoms with van der Waals surface area (Å²) in [5, 5.41) is 12.5. The van der Waals surface area contributed by atoms with Crippen molar-refractivity contribution in [2.75, 3.05) is 6.54 Å². The molecular weight excluding hydrogens is 300 g/mol. The summed E-state index contributed by atoms with van der Waals surface area (Å²) < 4.78 is 56.3. The van der Waals surface area contributed by atoms with Crippen LogP contribution in [0.2, 0.25) is 0 Å². The van der Waals surface area contributed by atoms with Gasteiger partial charge in [0.25, 0.3) is 6.43 Å². The monoisotopic (exact) mass is 314 g/mol. The molecule has 20 heavy (non-hydrogen) atoms. The first-order valence-electron chi connectivity index (χ1n) is 5.94. The maximum Gasteiger partial charge on any atom is 0.267 e. The number of nitrogens with zero attached hydrogens (tertiary/aromatic N) is 1. The molecule has 5 atom stereocenters. The smallest absolute Gasteiger partial charge is 0.267 e. The molecule has 2 heterocycles. The maximum atomic E-state index is 13.9. The van der Waals surface area contributed by atoms with E-state index in [2.05, 4.69) is 10.3 Å². The first kappa shape index (κ1) is 15.6. The number of hydrogen-bond donors (Lipinski definition) is 2. The van der Waals surface area contributed by atoms with E-state index in [9.17, 15) is 22.7 Å². The van der Waals surface area contributed by atoms with E-state index in [1.54, 1.807) is 6.92 Å². The summed E-state index contributed by atoms with van der Waals surface area (Å²) in [6.07, 6.45) is -8.24. The van der Waals surface area contributed by atoms with Gasteiger partial charge in [-0.15, -0.1) is 0 Å². The molecule has 1 fully saturated rings. The Balaban J connectivity index is 2.01. The lowest BCUT2D eigenvalue weighted by Crippen LogP contribution is -2.55. The van der Waals surface area contributed by atoms with Gasteiger partial charge in [-0.05, 0) is 12.5 Å². The number of fused-ring (bicyclic) bond motifs is 1. The van der Waals surface area contributed by atoms with Gasteiger partial charge in [0.15, 0.2) is 11.3 Å². The van der Waals surface area contributed by atoms with Crippen LogP contribution in [0.3, 0.4) is 0 Å². The normalized spacial score (nSPS) is 37.9. The molecular formula is C11H14F4N2O2S. The maximum absolute atomic E-state index is 13.9. The van der Waals surface area contributed by atoms with E-state index in [1.807, 2.05) is 0 Å². The topological polar surface area (TPSA) is 53.9 Å². The van der Waals surface area contributed by atoms with Gasteiger partial charge in [-0.2, -0.15) is 0 Å². The zero-order valence-electron chi connectivity index (χ0n) is 10.5. The van der Waals surface area contributed by atoms with Crippen LogP contribution >= 0.6 is 11.8 Å². The van der Waals surface area contributed by atoms with E-state index < -0.39 is 36.3 Å². The number of hydrogen-bond acceptors (Lipinski definition) is 5. The van der Waals surface area contributed by atoms with E-state index in [0.717, 1.165) is 11.8 Å². The fourth-order valence-corrected chi connectivity index (χ4v) is 3.00. The number of ether oxygens (including phenoxy) is 1. The average molecular weight is 314 g/mol. The number of rotatable bonds is 3. The molecule has 0 unspecified atom stereocenters.